The standard InChI is InChI=1S/C60H70F15N7O28/c1-24(83)98-22-35-43(104-27(4)86)46(107-30(7)89)40(81-55(97)60(73,74)75)50(110-35)101-23-36(90)82(48-38(79-53(95)58(67,68)69)44(105-28(5)87)41(102-25(2)84)33(108-48)18-77-51(93)56(61,62)63)32(47(92)76-17-13-9-12-16-37(91)99-20-31-14-10-8-11-15-31)21-100-49-39(80-54(96)59(70,71)72)45(106-29(6)88)42(103-26(3)85)34(109-49)19-78-52(94)57(64,65)66/h8,10-11,14-15,32-35,38-46,48-50H,9,12-13,16-23H2,1-7H3,(H,76,92)(H,77,93)(H,78,94)(H,79,95)(H,80,96)(H,81,97)/t32-,33+,34+,35+,38+,39+,40+,41+,42+,43+,44+,45+,46+,48+,49+,50+/m0/s1. The highest BCUT2D eigenvalue weighted by Crippen LogP contribution is 2.36. The van der Waals surface area contributed by atoms with Gasteiger partial charge in [0.25, 0.3) is 5.91 Å². The fourth-order valence-electron chi connectivity index (χ4n) is 10.6. The third kappa shape index (κ3) is 28.8. The minimum absolute atomic E-state index is 0.121. The predicted octanol–water partition coefficient (Wildman–Crippen LogP) is 0.463. The van der Waals surface area contributed by atoms with Gasteiger partial charge in [0.05, 0.1) is 6.61 Å². The van der Waals surface area contributed by atoms with Crippen LogP contribution in [-0.2, 0) is 140 Å². The lowest BCUT2D eigenvalue weighted by molar-refractivity contribution is -0.282. The Labute approximate surface area is 609 Å². The van der Waals surface area contributed by atoms with E-state index in [0.29, 0.717) is 47.1 Å². The van der Waals surface area contributed by atoms with Gasteiger partial charge in [0.15, 0.2) is 55.4 Å². The molecule has 3 aliphatic rings. The molecule has 0 aliphatic carbocycles. The average molecular weight is 1620 g/mol. The number of carbonyl (C=O) groups excluding carboxylic acids is 15. The number of halogens is 15. The van der Waals surface area contributed by atoms with E-state index in [0.717, 1.165) is 6.92 Å². The van der Waals surface area contributed by atoms with E-state index in [1.807, 2.05) is 0 Å². The largest absolute Gasteiger partial charge is 0.471 e. The fraction of sp³-hybridized carbons (Fsp3) is 0.650. The van der Waals surface area contributed by atoms with Gasteiger partial charge in [-0.1, -0.05) is 36.8 Å². The van der Waals surface area contributed by atoms with Gasteiger partial charge in [0.1, 0.15) is 62.3 Å². The van der Waals surface area contributed by atoms with Crippen LogP contribution in [-0.4, -0.2) is 262 Å². The van der Waals surface area contributed by atoms with E-state index in [2.05, 4.69) is 5.32 Å². The van der Waals surface area contributed by atoms with Crippen LogP contribution in [0.4, 0.5) is 65.9 Å². The van der Waals surface area contributed by atoms with Gasteiger partial charge in [0, 0.05) is 74.5 Å². The van der Waals surface area contributed by atoms with E-state index in [4.69, 9.17) is 61.6 Å². The molecular weight excluding hydrogens is 1550 g/mol. The summed E-state index contributed by atoms with van der Waals surface area (Å²) >= 11 is 0. The number of carbonyl (C=O) groups is 15. The first kappa shape index (κ1) is 92.4. The number of rotatable bonds is 32. The highest BCUT2D eigenvalue weighted by Gasteiger charge is 2.60. The molecule has 0 unspecified atom stereocenters. The Kier molecular flexibility index (Phi) is 33.7. The van der Waals surface area contributed by atoms with E-state index in [1.165, 1.54) is 26.6 Å². The Morgan fingerprint density at radius 3 is 1.23 bits per heavy atom. The number of unbranched alkanes of at least 4 members (excludes halogenated alkanes) is 2. The molecule has 618 valence electrons. The molecule has 3 heterocycles. The summed E-state index contributed by atoms with van der Waals surface area (Å²) in [7, 11) is 0. The van der Waals surface area contributed by atoms with Crippen LogP contribution < -0.4 is 31.9 Å². The van der Waals surface area contributed by atoms with Crippen molar-refractivity contribution in [2.45, 2.75) is 210 Å². The van der Waals surface area contributed by atoms with E-state index < -0.39 is 257 Å². The zero-order valence-electron chi connectivity index (χ0n) is 58.0. The third-order valence-electron chi connectivity index (χ3n) is 14.9. The summed E-state index contributed by atoms with van der Waals surface area (Å²) in [6.45, 7) is -6.35. The van der Waals surface area contributed by atoms with Crippen molar-refractivity contribution in [1.29, 1.82) is 0 Å². The van der Waals surface area contributed by atoms with Crippen LogP contribution in [0.15, 0.2) is 30.3 Å². The van der Waals surface area contributed by atoms with Crippen LogP contribution in [0.5, 0.6) is 0 Å². The summed E-state index contributed by atoms with van der Waals surface area (Å²) in [6.07, 6.45) is -64.3. The first-order valence-corrected chi connectivity index (χ1v) is 31.8. The molecule has 35 nitrogen and oxygen atoms in total. The van der Waals surface area contributed by atoms with Crippen LogP contribution in [0.3, 0.4) is 0 Å². The number of hydrogen-bond acceptors (Lipinski definition) is 28. The smallest absolute Gasteiger partial charge is 0.463 e. The van der Waals surface area contributed by atoms with E-state index in [9.17, 15) is 128 Å². The van der Waals surface area contributed by atoms with Crippen molar-refractivity contribution in [2.24, 2.45) is 0 Å². The van der Waals surface area contributed by atoms with Crippen LogP contribution in [0, 0.1) is 0 Å². The summed E-state index contributed by atoms with van der Waals surface area (Å²) in [5.41, 5.74) is 0.540. The van der Waals surface area contributed by atoms with E-state index in [-0.39, 0.29) is 37.2 Å². The van der Waals surface area contributed by atoms with Crippen LogP contribution in [0.2, 0.25) is 0 Å². The maximum atomic E-state index is 15.9. The lowest BCUT2D eigenvalue weighted by Gasteiger charge is -2.50. The number of ether oxygens (including phenoxy) is 13. The number of amides is 7. The summed E-state index contributed by atoms with van der Waals surface area (Å²) in [5, 5.41) is 8.25. The van der Waals surface area contributed by atoms with Crippen molar-refractivity contribution in [3.63, 3.8) is 0 Å². The van der Waals surface area contributed by atoms with Crippen molar-refractivity contribution in [2.75, 3.05) is 39.5 Å². The molecule has 3 saturated heterocycles. The number of alkyl halides is 15. The van der Waals surface area contributed by atoms with Crippen LogP contribution in [0.1, 0.15) is 79.7 Å². The summed E-state index contributed by atoms with van der Waals surface area (Å²) in [6, 6.07) is -4.27. The van der Waals surface area contributed by atoms with Gasteiger partial charge in [-0.05, 0) is 18.4 Å². The summed E-state index contributed by atoms with van der Waals surface area (Å²) in [4.78, 5) is 197. The second kappa shape index (κ2) is 40.1. The van der Waals surface area contributed by atoms with E-state index >= 15 is 9.59 Å². The maximum absolute atomic E-state index is 15.9. The van der Waals surface area contributed by atoms with Gasteiger partial charge in [-0.15, -0.1) is 0 Å². The molecule has 6 N–H and O–H groups in total. The lowest BCUT2D eigenvalue weighted by Crippen LogP contribution is -2.74. The molecule has 0 bridgehead atoms. The van der Waals surface area contributed by atoms with Crippen molar-refractivity contribution >= 4 is 89.1 Å². The average Bonchev–Trinajstić information content (AvgIpc) is 0.766. The molecule has 1 aromatic rings. The highest BCUT2D eigenvalue weighted by atomic mass is 19.4. The van der Waals surface area contributed by atoms with Crippen molar-refractivity contribution in [3.8, 4) is 0 Å². The topological polar surface area (TPSA) is 451 Å². The normalized spacial score (nSPS) is 24.5. The van der Waals surface area contributed by atoms with Gasteiger partial charge in [-0.25, -0.2) is 0 Å². The molecule has 110 heavy (non-hydrogen) atoms. The molecule has 16 atom stereocenters. The summed E-state index contributed by atoms with van der Waals surface area (Å²) in [5.74, 6) is -31.1. The van der Waals surface area contributed by atoms with Crippen LogP contribution in [0.25, 0.3) is 0 Å². The Morgan fingerprint density at radius 1 is 0.427 bits per heavy atom. The van der Waals surface area contributed by atoms with Gasteiger partial charge in [-0.2, -0.15) is 65.9 Å². The molecule has 0 spiro atoms. The molecule has 3 aliphatic heterocycles. The van der Waals surface area contributed by atoms with Crippen molar-refractivity contribution in [1.82, 2.24) is 36.8 Å². The molecular formula is C60H70F15N7O28. The number of benzene rings is 1. The molecule has 50 heteroatoms. The molecule has 0 saturated carbocycles. The number of nitrogens with one attached hydrogen (secondary N) is 6. The Morgan fingerprint density at radius 2 is 0.809 bits per heavy atom. The molecule has 4 rings (SSSR count). The van der Waals surface area contributed by atoms with Gasteiger partial charge < -0.3 is 93.5 Å². The van der Waals surface area contributed by atoms with Gasteiger partial charge in [0.2, 0.25) is 5.91 Å². The second-order valence-corrected chi connectivity index (χ2v) is 23.5. The predicted molar refractivity (Wildman–Crippen MR) is 318 cm³/mol. The monoisotopic (exact) mass is 1620 g/mol. The minimum atomic E-state index is -6.23. The highest BCUT2D eigenvalue weighted by molar-refractivity contribution is 5.89. The first-order chi connectivity index (χ1) is 50.8. The Bertz CT molecular complexity index is 3460. The number of esters is 8. The van der Waals surface area contributed by atoms with Crippen molar-refractivity contribution in [3.05, 3.63) is 35.9 Å². The van der Waals surface area contributed by atoms with Crippen LogP contribution >= 0.6 is 0 Å². The molecule has 1 aromatic carbocycles. The van der Waals surface area contributed by atoms with Gasteiger partial charge in [-0.3, -0.25) is 76.8 Å². The lowest BCUT2D eigenvalue weighted by atomic mass is 9.93. The Hall–Kier alpha value is -9.98. The molecule has 0 aromatic heterocycles. The zero-order valence-corrected chi connectivity index (χ0v) is 58.0. The SMILES string of the molecule is CC(=O)OC[C@H]1O[C@@H](OCC(=O)N([C@@H]2O[C@H](CNC(=O)C(F)(F)F)[C@@H](OC(C)=O)[C@H](OC(C)=O)[C@H]2NC(=O)C(F)(F)F)[C@@H](CO[C@@H]2O[C@H](CNC(=O)C(F)(F)F)[C@@H](OC(C)=O)[C@H](OC(C)=O)[C@H]2NC(=O)C(F)(F)F)C(=O)NCCCCCC(=O)OCc2ccccc2)[C@H](NC(=O)C(F)(F)F)[C@@H](OC(C)=O)[C@@H]1OC(C)=O. The zero-order chi connectivity index (χ0) is 83.3. The quantitative estimate of drug-likeness (QED) is 0.0247. The van der Waals surface area contributed by atoms with Gasteiger partial charge >= 0.3 is 108 Å². The fourth-order valence-corrected chi connectivity index (χ4v) is 10.6. The molecule has 3 fully saturated rings. The third-order valence-corrected chi connectivity index (χ3v) is 14.9. The number of hydrogen-bond donors (Lipinski definition) is 6. The summed E-state index contributed by atoms with van der Waals surface area (Å²) < 4.78 is 283. The van der Waals surface area contributed by atoms with Crippen molar-refractivity contribution < 1.29 is 199 Å². The minimum Gasteiger partial charge on any atom is -0.463 e. The first-order valence-electron chi connectivity index (χ1n) is 31.8. The number of nitrogens with zero attached hydrogens (tertiary/aromatic N) is 1. The Balaban J connectivity index is 2.21. The molecule has 7 amide bonds. The second-order valence-electron chi connectivity index (χ2n) is 23.5. The molecule has 0 radical (unpaired) electrons. The maximum Gasteiger partial charge on any atom is 0.471 e. The van der Waals surface area contributed by atoms with E-state index in [1.54, 1.807) is 30.3 Å².